The van der Waals surface area contributed by atoms with Crippen molar-refractivity contribution in [1.29, 1.82) is 0 Å². The number of hydrogen-bond donors (Lipinski definition) is 7. The number of hydrogen-bond acceptors (Lipinski definition) is 8. The molecule has 0 aromatic heterocycles. The number of amides is 3. The van der Waals surface area contributed by atoms with E-state index in [1.54, 1.807) is 11.8 Å². The van der Waals surface area contributed by atoms with Gasteiger partial charge in [0, 0.05) is 0 Å². The van der Waals surface area contributed by atoms with Gasteiger partial charge in [0.1, 0.15) is 18.1 Å². The van der Waals surface area contributed by atoms with Crippen LogP contribution in [0, 0.1) is 5.92 Å². The maximum atomic E-state index is 13.0. The molecule has 0 bridgehead atoms. The Morgan fingerprint density at radius 2 is 1.41 bits per heavy atom. The highest BCUT2D eigenvalue weighted by molar-refractivity contribution is 7.98. The van der Waals surface area contributed by atoms with E-state index in [2.05, 4.69) is 16.0 Å². The van der Waals surface area contributed by atoms with Crippen LogP contribution in [0.2, 0.25) is 0 Å². The van der Waals surface area contributed by atoms with Gasteiger partial charge in [0.25, 0.3) is 0 Å². The SMILES string of the molecule is CSCCC(N)C(=O)NC(CCCCN)C(=O)NC(CC(C)C)C(=O)NC(CC(=O)O)C(=O)O. The van der Waals surface area contributed by atoms with E-state index in [1.807, 2.05) is 20.1 Å². The Bertz CT molecular complexity index is 692. The minimum absolute atomic E-state index is 0.0518. The van der Waals surface area contributed by atoms with Crippen LogP contribution in [-0.2, 0) is 24.0 Å². The molecule has 0 aliphatic rings. The van der Waals surface area contributed by atoms with Crippen molar-refractivity contribution in [3.8, 4) is 0 Å². The molecule has 0 rings (SSSR count). The number of thioether (sulfide) groups is 1. The van der Waals surface area contributed by atoms with Crippen LogP contribution in [0.15, 0.2) is 0 Å². The van der Waals surface area contributed by atoms with E-state index < -0.39 is 60.2 Å². The summed E-state index contributed by atoms with van der Waals surface area (Å²) in [6, 6.07) is -4.52. The Morgan fingerprint density at radius 3 is 1.91 bits per heavy atom. The standard InChI is InChI=1S/C21H39N5O7S/c1-12(2)10-15(20(31)26-16(21(32)33)11-17(27)28)25-19(30)14(6-4-5-8-22)24-18(29)13(23)7-9-34-3/h12-16H,4-11,22-23H2,1-3H3,(H,24,29)(H,25,30)(H,26,31)(H,27,28)(H,32,33). The molecule has 0 aromatic rings. The van der Waals surface area contributed by atoms with Crippen molar-refractivity contribution in [2.75, 3.05) is 18.6 Å². The molecule has 0 saturated carbocycles. The topological polar surface area (TPSA) is 214 Å². The highest BCUT2D eigenvalue weighted by Gasteiger charge is 2.31. The van der Waals surface area contributed by atoms with Crippen molar-refractivity contribution in [3.63, 3.8) is 0 Å². The van der Waals surface area contributed by atoms with Crippen molar-refractivity contribution in [2.24, 2.45) is 17.4 Å². The fourth-order valence-corrected chi connectivity index (χ4v) is 3.53. The Labute approximate surface area is 204 Å². The van der Waals surface area contributed by atoms with Crippen LogP contribution in [0.25, 0.3) is 0 Å². The summed E-state index contributed by atoms with van der Waals surface area (Å²) in [6.45, 7) is 4.03. The van der Waals surface area contributed by atoms with Gasteiger partial charge in [-0.3, -0.25) is 19.2 Å². The molecule has 34 heavy (non-hydrogen) atoms. The Morgan fingerprint density at radius 1 is 0.853 bits per heavy atom. The van der Waals surface area contributed by atoms with Gasteiger partial charge >= 0.3 is 11.9 Å². The molecule has 0 heterocycles. The Kier molecular flexibility index (Phi) is 15.9. The van der Waals surface area contributed by atoms with E-state index in [1.165, 1.54) is 0 Å². The third kappa shape index (κ3) is 13.4. The number of aliphatic carboxylic acids is 2. The molecule has 12 nitrogen and oxygen atoms in total. The normalized spacial score (nSPS) is 14.5. The van der Waals surface area contributed by atoms with Crippen molar-refractivity contribution in [1.82, 2.24) is 16.0 Å². The van der Waals surface area contributed by atoms with E-state index in [9.17, 15) is 29.1 Å². The van der Waals surface area contributed by atoms with Crippen LogP contribution in [-0.4, -0.2) is 82.6 Å². The summed E-state index contributed by atoms with van der Waals surface area (Å²) in [6.07, 6.45) is 3.14. The number of carbonyl (C=O) groups excluding carboxylic acids is 3. The van der Waals surface area contributed by atoms with Gasteiger partial charge in [-0.05, 0) is 56.6 Å². The van der Waals surface area contributed by atoms with Crippen LogP contribution in [0.4, 0.5) is 0 Å². The van der Waals surface area contributed by atoms with Crippen LogP contribution in [0.1, 0.15) is 52.4 Å². The molecule has 0 spiro atoms. The molecule has 0 aliphatic carbocycles. The highest BCUT2D eigenvalue weighted by Crippen LogP contribution is 2.09. The maximum Gasteiger partial charge on any atom is 0.326 e. The molecule has 3 amide bonds. The number of rotatable bonds is 18. The largest absolute Gasteiger partial charge is 0.481 e. The summed E-state index contributed by atoms with van der Waals surface area (Å²) >= 11 is 1.54. The second kappa shape index (κ2) is 17.1. The third-order valence-corrected chi connectivity index (χ3v) is 5.53. The van der Waals surface area contributed by atoms with Crippen LogP contribution < -0.4 is 27.4 Å². The highest BCUT2D eigenvalue weighted by atomic mass is 32.2. The lowest BCUT2D eigenvalue weighted by atomic mass is 10.0. The van der Waals surface area contributed by atoms with Crippen molar-refractivity contribution < 1.29 is 34.2 Å². The van der Waals surface area contributed by atoms with E-state index in [-0.39, 0.29) is 18.8 Å². The smallest absolute Gasteiger partial charge is 0.326 e. The molecule has 4 atom stereocenters. The number of carboxylic acid groups (broad SMARTS) is 2. The first-order chi connectivity index (χ1) is 15.9. The van der Waals surface area contributed by atoms with E-state index in [0.717, 1.165) is 0 Å². The first kappa shape index (κ1) is 31.6. The number of unbranched alkanes of at least 4 members (excludes halogenated alkanes) is 1. The van der Waals surface area contributed by atoms with Gasteiger partial charge in [-0.15, -0.1) is 0 Å². The minimum atomic E-state index is -1.65. The summed E-state index contributed by atoms with van der Waals surface area (Å²) in [4.78, 5) is 60.4. The predicted octanol–water partition coefficient (Wildman–Crippen LogP) is -0.744. The second-order valence-corrected chi connectivity index (χ2v) is 9.41. The number of nitrogens with one attached hydrogen (secondary N) is 3. The van der Waals surface area contributed by atoms with Gasteiger partial charge in [-0.1, -0.05) is 13.8 Å². The summed E-state index contributed by atoms with van der Waals surface area (Å²) in [5, 5.41) is 25.5. The zero-order chi connectivity index (χ0) is 26.3. The molecular formula is C21H39N5O7S. The molecule has 4 unspecified atom stereocenters. The molecule has 9 N–H and O–H groups in total. The number of nitrogens with two attached hydrogens (primary N) is 2. The zero-order valence-corrected chi connectivity index (χ0v) is 20.9. The lowest BCUT2D eigenvalue weighted by molar-refractivity contribution is -0.147. The van der Waals surface area contributed by atoms with Crippen LogP contribution in [0.3, 0.4) is 0 Å². The minimum Gasteiger partial charge on any atom is -0.481 e. The quantitative estimate of drug-likeness (QED) is 0.116. The third-order valence-electron chi connectivity index (χ3n) is 4.88. The van der Waals surface area contributed by atoms with Gasteiger partial charge < -0.3 is 37.6 Å². The molecule has 13 heteroatoms. The van der Waals surface area contributed by atoms with Gasteiger partial charge in [-0.25, -0.2) is 4.79 Å². The summed E-state index contributed by atoms with van der Waals surface area (Å²) < 4.78 is 0. The Balaban J connectivity index is 5.48. The molecule has 0 radical (unpaired) electrons. The van der Waals surface area contributed by atoms with Crippen LogP contribution >= 0.6 is 11.8 Å². The fourth-order valence-electron chi connectivity index (χ4n) is 3.04. The summed E-state index contributed by atoms with van der Waals surface area (Å²) in [5.41, 5.74) is 11.4. The zero-order valence-electron chi connectivity index (χ0n) is 20.0. The van der Waals surface area contributed by atoms with Gasteiger partial charge in [0.05, 0.1) is 12.5 Å². The van der Waals surface area contributed by atoms with Gasteiger partial charge in [0.15, 0.2) is 0 Å². The van der Waals surface area contributed by atoms with Gasteiger partial charge in [0.2, 0.25) is 17.7 Å². The van der Waals surface area contributed by atoms with Crippen LogP contribution in [0.5, 0.6) is 0 Å². The predicted molar refractivity (Wildman–Crippen MR) is 129 cm³/mol. The number of carbonyl (C=O) groups is 5. The summed E-state index contributed by atoms with van der Waals surface area (Å²) in [7, 11) is 0. The molecular weight excluding hydrogens is 466 g/mol. The van der Waals surface area contributed by atoms with Crippen molar-refractivity contribution >= 4 is 41.4 Å². The number of carboxylic acids is 2. The van der Waals surface area contributed by atoms with E-state index >= 15 is 0 Å². The first-order valence-corrected chi connectivity index (χ1v) is 12.6. The molecule has 0 aliphatic heterocycles. The molecule has 0 fully saturated rings. The molecule has 0 aromatic carbocycles. The summed E-state index contributed by atoms with van der Waals surface area (Å²) in [5.74, 6) is -4.19. The lowest BCUT2D eigenvalue weighted by Crippen LogP contribution is -2.57. The second-order valence-electron chi connectivity index (χ2n) is 8.42. The Hall–Kier alpha value is -2.38. The fraction of sp³-hybridized carbons (Fsp3) is 0.762. The van der Waals surface area contributed by atoms with Crippen molar-refractivity contribution in [2.45, 2.75) is 76.5 Å². The van der Waals surface area contributed by atoms with E-state index in [4.69, 9.17) is 16.6 Å². The lowest BCUT2D eigenvalue weighted by Gasteiger charge is -2.26. The maximum absolute atomic E-state index is 13.0. The molecule has 0 saturated heterocycles. The monoisotopic (exact) mass is 505 g/mol. The average molecular weight is 506 g/mol. The first-order valence-electron chi connectivity index (χ1n) is 11.2. The van der Waals surface area contributed by atoms with Gasteiger partial charge in [-0.2, -0.15) is 11.8 Å². The van der Waals surface area contributed by atoms with Crippen molar-refractivity contribution in [3.05, 3.63) is 0 Å². The molecule has 196 valence electrons. The average Bonchev–Trinajstić information content (AvgIpc) is 2.74. The van der Waals surface area contributed by atoms with E-state index in [0.29, 0.717) is 31.6 Å².